The second-order valence-electron chi connectivity index (χ2n) is 3.80. The summed E-state index contributed by atoms with van der Waals surface area (Å²) in [6.07, 6.45) is -3.13. The number of aliphatic carboxylic acids is 1. The summed E-state index contributed by atoms with van der Waals surface area (Å²) in [5.74, 6) is -3.56. The third kappa shape index (κ3) is 2.29. The number of hydrogen-bond donors (Lipinski definition) is 1. The first-order valence-corrected chi connectivity index (χ1v) is 5.10. The van der Waals surface area contributed by atoms with Crippen molar-refractivity contribution < 1.29 is 23.1 Å². The Kier molecular flexibility index (Phi) is 2.98. The van der Waals surface area contributed by atoms with Gasteiger partial charge < -0.3 is 9.51 Å². The third-order valence-corrected chi connectivity index (χ3v) is 2.58. The lowest BCUT2D eigenvalue weighted by atomic mass is 10.0. The van der Waals surface area contributed by atoms with E-state index >= 15 is 0 Å². The van der Waals surface area contributed by atoms with Crippen molar-refractivity contribution in [3.05, 3.63) is 36.3 Å². The largest absolute Gasteiger partial charge is 0.481 e. The Morgan fingerprint density at radius 1 is 1.44 bits per heavy atom. The van der Waals surface area contributed by atoms with E-state index in [1.165, 1.54) is 10.6 Å². The number of imidazole rings is 1. The molecule has 0 fully saturated rings. The molecule has 0 amide bonds. The van der Waals surface area contributed by atoms with Gasteiger partial charge in [-0.05, 0) is 12.1 Å². The number of halogens is 3. The first-order valence-electron chi connectivity index (χ1n) is 5.10. The van der Waals surface area contributed by atoms with Crippen LogP contribution in [0.15, 0.2) is 30.6 Å². The molecule has 0 bridgehead atoms. The number of carbonyl (C=O) groups is 1. The van der Waals surface area contributed by atoms with Crippen LogP contribution in [0.1, 0.15) is 18.0 Å². The molecular weight excluding hydrogens is 249 g/mol. The lowest BCUT2D eigenvalue weighted by molar-refractivity contribution is -0.164. The topological polar surface area (TPSA) is 54.6 Å². The summed E-state index contributed by atoms with van der Waals surface area (Å²) < 4.78 is 39.9. The minimum Gasteiger partial charge on any atom is -0.481 e. The Bertz CT molecular complexity index is 577. The molecule has 0 radical (unpaired) electrons. The molecule has 2 heterocycles. The Hall–Kier alpha value is -2.05. The predicted octanol–water partition coefficient (Wildman–Crippen LogP) is 2.45. The van der Waals surface area contributed by atoms with Crippen molar-refractivity contribution in [3.63, 3.8) is 0 Å². The van der Waals surface area contributed by atoms with Crippen LogP contribution in [-0.2, 0) is 4.79 Å². The first-order chi connectivity index (χ1) is 8.39. The van der Waals surface area contributed by atoms with E-state index in [4.69, 9.17) is 5.11 Å². The van der Waals surface area contributed by atoms with E-state index in [-0.39, 0.29) is 5.69 Å². The van der Waals surface area contributed by atoms with Gasteiger partial charge in [-0.25, -0.2) is 4.98 Å². The number of fused-ring (bicyclic) bond motifs is 1. The van der Waals surface area contributed by atoms with E-state index in [2.05, 4.69) is 4.98 Å². The zero-order chi connectivity index (χ0) is 13.3. The zero-order valence-corrected chi connectivity index (χ0v) is 9.05. The van der Waals surface area contributed by atoms with E-state index < -0.39 is 24.5 Å². The molecular formula is C11H9F3N2O2. The number of rotatable bonds is 3. The van der Waals surface area contributed by atoms with Gasteiger partial charge in [-0.3, -0.25) is 4.79 Å². The minimum atomic E-state index is -4.62. The fourth-order valence-electron chi connectivity index (χ4n) is 1.77. The summed E-state index contributed by atoms with van der Waals surface area (Å²) in [5, 5.41) is 8.59. The molecule has 2 aromatic rings. The van der Waals surface area contributed by atoms with E-state index in [1.54, 1.807) is 18.2 Å². The normalized spacial score (nSPS) is 13.7. The molecule has 1 atom stereocenters. The molecule has 2 aromatic heterocycles. The maximum atomic E-state index is 12.9. The summed E-state index contributed by atoms with van der Waals surface area (Å²) in [4.78, 5) is 14.4. The molecule has 96 valence electrons. The highest BCUT2D eigenvalue weighted by molar-refractivity contribution is 5.68. The average molecular weight is 258 g/mol. The van der Waals surface area contributed by atoms with Gasteiger partial charge in [0.05, 0.1) is 12.1 Å². The zero-order valence-electron chi connectivity index (χ0n) is 9.05. The average Bonchev–Trinajstić information content (AvgIpc) is 2.67. The Balaban J connectivity index is 2.51. The van der Waals surface area contributed by atoms with Crippen molar-refractivity contribution in [2.75, 3.05) is 0 Å². The SMILES string of the molecule is O=C(O)CC(c1cnc2ccccn12)C(F)(F)F. The van der Waals surface area contributed by atoms with Crippen molar-refractivity contribution in [1.29, 1.82) is 0 Å². The summed E-state index contributed by atoms with van der Waals surface area (Å²) in [6.45, 7) is 0. The van der Waals surface area contributed by atoms with Crippen LogP contribution in [0.4, 0.5) is 13.2 Å². The van der Waals surface area contributed by atoms with Crippen molar-refractivity contribution in [2.45, 2.75) is 18.5 Å². The van der Waals surface area contributed by atoms with Gasteiger partial charge >= 0.3 is 12.1 Å². The molecule has 0 spiro atoms. The van der Waals surface area contributed by atoms with Crippen LogP contribution in [0.25, 0.3) is 5.65 Å². The fourth-order valence-corrected chi connectivity index (χ4v) is 1.77. The maximum Gasteiger partial charge on any atom is 0.397 e. The Labute approximate surface area is 99.7 Å². The molecule has 18 heavy (non-hydrogen) atoms. The molecule has 0 aromatic carbocycles. The van der Waals surface area contributed by atoms with Gasteiger partial charge in [0.2, 0.25) is 0 Å². The van der Waals surface area contributed by atoms with Crippen LogP contribution >= 0.6 is 0 Å². The molecule has 7 heteroatoms. The van der Waals surface area contributed by atoms with Gasteiger partial charge in [-0.2, -0.15) is 13.2 Å². The first kappa shape index (κ1) is 12.4. The molecule has 0 aliphatic carbocycles. The second kappa shape index (κ2) is 4.32. The van der Waals surface area contributed by atoms with Crippen LogP contribution in [0.5, 0.6) is 0 Å². The third-order valence-electron chi connectivity index (χ3n) is 2.58. The van der Waals surface area contributed by atoms with Crippen LogP contribution < -0.4 is 0 Å². The molecule has 0 aliphatic rings. The van der Waals surface area contributed by atoms with Crippen molar-refractivity contribution in [3.8, 4) is 0 Å². The number of pyridine rings is 1. The Morgan fingerprint density at radius 3 is 2.78 bits per heavy atom. The van der Waals surface area contributed by atoms with Crippen LogP contribution in [0.2, 0.25) is 0 Å². The van der Waals surface area contributed by atoms with Crippen LogP contribution in [0.3, 0.4) is 0 Å². The van der Waals surface area contributed by atoms with Gasteiger partial charge in [-0.15, -0.1) is 0 Å². The number of carboxylic acids is 1. The Morgan fingerprint density at radius 2 is 2.17 bits per heavy atom. The van der Waals surface area contributed by atoms with Crippen molar-refractivity contribution in [1.82, 2.24) is 9.38 Å². The maximum absolute atomic E-state index is 12.9. The molecule has 1 N–H and O–H groups in total. The van der Waals surface area contributed by atoms with Gasteiger partial charge in [0.25, 0.3) is 0 Å². The van der Waals surface area contributed by atoms with E-state index in [0.29, 0.717) is 5.65 Å². The smallest absolute Gasteiger partial charge is 0.397 e. The number of hydrogen-bond acceptors (Lipinski definition) is 2. The molecule has 0 saturated heterocycles. The van der Waals surface area contributed by atoms with Crippen LogP contribution in [0, 0.1) is 0 Å². The highest BCUT2D eigenvalue weighted by atomic mass is 19.4. The fraction of sp³-hybridized carbons (Fsp3) is 0.273. The summed E-state index contributed by atoms with van der Waals surface area (Å²) in [5.41, 5.74) is 0.188. The van der Waals surface area contributed by atoms with Crippen LogP contribution in [-0.4, -0.2) is 26.6 Å². The molecule has 1 unspecified atom stereocenters. The molecule has 0 saturated carbocycles. The van der Waals surface area contributed by atoms with Crippen molar-refractivity contribution >= 4 is 11.6 Å². The number of alkyl halides is 3. The lowest BCUT2D eigenvalue weighted by Gasteiger charge is -2.18. The quantitative estimate of drug-likeness (QED) is 0.920. The molecule has 0 aliphatic heterocycles. The number of nitrogens with zero attached hydrogens (tertiary/aromatic N) is 2. The second-order valence-corrected chi connectivity index (χ2v) is 3.80. The standard InChI is InChI=1S/C11H9F3N2O2/c12-11(13,14)7(5-10(17)18)8-6-15-9-3-1-2-4-16(8)9/h1-4,6-7H,5H2,(H,17,18). The summed E-state index contributed by atoms with van der Waals surface area (Å²) in [7, 11) is 0. The highest BCUT2D eigenvalue weighted by Gasteiger charge is 2.43. The summed E-state index contributed by atoms with van der Waals surface area (Å²) in [6, 6.07) is 4.76. The number of carboxylic acid groups (broad SMARTS) is 1. The van der Waals surface area contributed by atoms with E-state index in [1.807, 2.05) is 0 Å². The van der Waals surface area contributed by atoms with Crippen molar-refractivity contribution in [2.24, 2.45) is 0 Å². The highest BCUT2D eigenvalue weighted by Crippen LogP contribution is 2.37. The number of aromatic nitrogens is 2. The molecule has 4 nitrogen and oxygen atoms in total. The monoisotopic (exact) mass is 258 g/mol. The summed E-state index contributed by atoms with van der Waals surface area (Å²) >= 11 is 0. The minimum absolute atomic E-state index is 0.166. The van der Waals surface area contributed by atoms with Gasteiger partial charge in [-0.1, -0.05) is 6.07 Å². The molecule has 2 rings (SSSR count). The van der Waals surface area contributed by atoms with E-state index in [9.17, 15) is 18.0 Å². The van der Waals surface area contributed by atoms with E-state index in [0.717, 1.165) is 6.20 Å². The van der Waals surface area contributed by atoms with Gasteiger partial charge in [0.1, 0.15) is 11.6 Å². The predicted molar refractivity (Wildman–Crippen MR) is 56.2 cm³/mol. The van der Waals surface area contributed by atoms with Gasteiger partial charge in [0, 0.05) is 12.4 Å². The lowest BCUT2D eigenvalue weighted by Crippen LogP contribution is -2.24. The van der Waals surface area contributed by atoms with Gasteiger partial charge in [0.15, 0.2) is 0 Å².